The monoisotopic (exact) mass is 345 g/mol. The number of rotatable bonds is 4. The molecule has 0 spiro atoms. The van der Waals surface area contributed by atoms with Gasteiger partial charge < -0.3 is 23.8 Å². The second-order valence-electron chi connectivity index (χ2n) is 5.94. The van der Waals surface area contributed by atoms with Crippen LogP contribution in [0.3, 0.4) is 0 Å². The van der Waals surface area contributed by atoms with Crippen LogP contribution in [0, 0.1) is 0 Å². The molecule has 0 unspecified atom stereocenters. The molecule has 7 heteroatoms. The first-order valence-corrected chi connectivity index (χ1v) is 8.44. The molecule has 0 bridgehead atoms. The van der Waals surface area contributed by atoms with Gasteiger partial charge in [0.05, 0.1) is 13.7 Å². The lowest BCUT2D eigenvalue weighted by Gasteiger charge is -2.34. The van der Waals surface area contributed by atoms with Crippen molar-refractivity contribution in [3.8, 4) is 5.75 Å². The van der Waals surface area contributed by atoms with Gasteiger partial charge in [-0.05, 0) is 31.2 Å². The van der Waals surface area contributed by atoms with E-state index in [4.69, 9.17) is 9.47 Å². The minimum Gasteiger partial charge on any atom is -0.497 e. The lowest BCUT2D eigenvalue weighted by molar-refractivity contribution is -0.133. The van der Waals surface area contributed by atoms with Crippen LogP contribution in [-0.4, -0.2) is 66.3 Å². The Morgan fingerprint density at radius 3 is 2.48 bits per heavy atom. The van der Waals surface area contributed by atoms with E-state index in [1.54, 1.807) is 23.8 Å². The number of methoxy groups -OCH3 is 1. The van der Waals surface area contributed by atoms with E-state index in [2.05, 4.69) is 0 Å². The maximum Gasteiger partial charge on any atom is 0.409 e. The summed E-state index contributed by atoms with van der Waals surface area (Å²) in [6.07, 6.45) is 1.61. The van der Waals surface area contributed by atoms with Crippen molar-refractivity contribution in [2.45, 2.75) is 13.5 Å². The lowest BCUT2D eigenvalue weighted by Crippen LogP contribution is -2.51. The van der Waals surface area contributed by atoms with Crippen molar-refractivity contribution in [2.75, 3.05) is 39.9 Å². The molecule has 3 rings (SSSR count). The molecule has 2 aromatic rings. The van der Waals surface area contributed by atoms with Crippen molar-refractivity contribution in [1.29, 1.82) is 0 Å². The zero-order chi connectivity index (χ0) is 17.8. The molecular weight excluding hydrogens is 322 g/mol. The first kappa shape index (κ1) is 17.1. The Morgan fingerprint density at radius 2 is 1.80 bits per heavy atom. The highest BCUT2D eigenvalue weighted by molar-refractivity contribution is 5.84. The molecule has 1 aromatic heterocycles. The molecule has 1 saturated heterocycles. The summed E-state index contributed by atoms with van der Waals surface area (Å²) in [6, 6.07) is 7.78. The Bertz CT molecular complexity index is 763. The number of nitrogens with zero attached hydrogens (tertiary/aromatic N) is 3. The first-order valence-electron chi connectivity index (χ1n) is 8.44. The zero-order valence-electron chi connectivity index (χ0n) is 14.6. The summed E-state index contributed by atoms with van der Waals surface area (Å²) in [5.41, 5.74) is 0.999. The van der Waals surface area contributed by atoms with Crippen LogP contribution in [0.2, 0.25) is 0 Å². The number of hydrogen-bond donors (Lipinski definition) is 0. The fourth-order valence-corrected chi connectivity index (χ4v) is 3.04. The zero-order valence-corrected chi connectivity index (χ0v) is 14.6. The lowest BCUT2D eigenvalue weighted by atomic mass is 10.2. The van der Waals surface area contributed by atoms with Crippen molar-refractivity contribution in [1.82, 2.24) is 14.4 Å². The van der Waals surface area contributed by atoms with Crippen LogP contribution in [0.4, 0.5) is 4.79 Å². The van der Waals surface area contributed by atoms with Gasteiger partial charge in [0.2, 0.25) is 5.91 Å². The Kier molecular flexibility index (Phi) is 5.11. The molecule has 25 heavy (non-hydrogen) atoms. The normalized spacial score (nSPS) is 14.6. The van der Waals surface area contributed by atoms with Gasteiger partial charge in [0, 0.05) is 43.3 Å². The Balaban J connectivity index is 1.61. The number of carbonyl (C=O) groups is 2. The SMILES string of the molecule is CCOC(=O)N1CCN(C(=O)Cn2ccc3cc(OC)ccc32)CC1. The Hall–Kier alpha value is -2.70. The third-order valence-corrected chi connectivity index (χ3v) is 4.44. The Morgan fingerprint density at radius 1 is 1.08 bits per heavy atom. The average Bonchev–Trinajstić information content (AvgIpc) is 3.04. The number of amides is 2. The molecule has 2 amide bonds. The molecular formula is C18H23N3O4. The number of hydrogen-bond acceptors (Lipinski definition) is 4. The Labute approximate surface area is 146 Å². The smallest absolute Gasteiger partial charge is 0.409 e. The fraction of sp³-hybridized carbons (Fsp3) is 0.444. The number of carbonyl (C=O) groups excluding carboxylic acids is 2. The van der Waals surface area contributed by atoms with E-state index in [9.17, 15) is 9.59 Å². The van der Waals surface area contributed by atoms with Crippen molar-refractivity contribution in [3.05, 3.63) is 30.5 Å². The van der Waals surface area contributed by atoms with Crippen molar-refractivity contribution >= 4 is 22.9 Å². The highest BCUT2D eigenvalue weighted by atomic mass is 16.6. The third kappa shape index (κ3) is 3.70. The molecule has 0 radical (unpaired) electrons. The molecule has 1 aromatic carbocycles. The predicted octanol–water partition coefficient (Wildman–Crippen LogP) is 1.95. The van der Waals surface area contributed by atoms with Gasteiger partial charge in [0.15, 0.2) is 0 Å². The van der Waals surface area contributed by atoms with Gasteiger partial charge in [-0.1, -0.05) is 0 Å². The number of piperazine rings is 1. The van der Waals surface area contributed by atoms with E-state index < -0.39 is 0 Å². The van der Waals surface area contributed by atoms with Crippen molar-refractivity contribution < 1.29 is 19.1 Å². The van der Waals surface area contributed by atoms with Gasteiger partial charge in [0.1, 0.15) is 12.3 Å². The molecule has 2 heterocycles. The second kappa shape index (κ2) is 7.46. The van der Waals surface area contributed by atoms with Gasteiger partial charge in [-0.3, -0.25) is 4.79 Å². The van der Waals surface area contributed by atoms with Crippen LogP contribution >= 0.6 is 0 Å². The van der Waals surface area contributed by atoms with E-state index in [1.807, 2.05) is 35.0 Å². The molecule has 1 fully saturated rings. The van der Waals surface area contributed by atoms with E-state index in [1.165, 1.54) is 0 Å². The highest BCUT2D eigenvalue weighted by Crippen LogP contribution is 2.22. The minimum absolute atomic E-state index is 0.0526. The molecule has 134 valence electrons. The van der Waals surface area contributed by atoms with Gasteiger partial charge in [-0.25, -0.2) is 4.79 Å². The van der Waals surface area contributed by atoms with Gasteiger partial charge in [-0.2, -0.15) is 0 Å². The number of benzene rings is 1. The molecule has 0 atom stereocenters. The topological polar surface area (TPSA) is 64.0 Å². The predicted molar refractivity (Wildman–Crippen MR) is 93.7 cm³/mol. The van der Waals surface area contributed by atoms with E-state index in [0.717, 1.165) is 16.7 Å². The maximum absolute atomic E-state index is 12.6. The number of aromatic nitrogens is 1. The standard InChI is InChI=1S/C18H23N3O4/c1-3-25-18(23)20-10-8-19(9-11-20)17(22)13-21-7-6-14-12-15(24-2)4-5-16(14)21/h4-7,12H,3,8-11,13H2,1-2H3. The molecule has 7 nitrogen and oxygen atoms in total. The molecule has 0 aliphatic carbocycles. The van der Waals surface area contributed by atoms with Crippen molar-refractivity contribution in [2.24, 2.45) is 0 Å². The van der Waals surface area contributed by atoms with E-state index in [0.29, 0.717) is 32.8 Å². The first-order chi connectivity index (χ1) is 12.1. The second-order valence-corrected chi connectivity index (χ2v) is 5.94. The van der Waals surface area contributed by atoms with Crippen LogP contribution in [-0.2, 0) is 16.1 Å². The molecule has 1 aliphatic rings. The maximum atomic E-state index is 12.6. The number of fused-ring (bicyclic) bond motifs is 1. The summed E-state index contributed by atoms with van der Waals surface area (Å²) in [5, 5.41) is 1.04. The minimum atomic E-state index is -0.306. The molecule has 0 N–H and O–H groups in total. The molecule has 0 saturated carbocycles. The summed E-state index contributed by atoms with van der Waals surface area (Å²) >= 11 is 0. The average molecular weight is 345 g/mol. The van der Waals surface area contributed by atoms with Gasteiger partial charge >= 0.3 is 6.09 Å². The van der Waals surface area contributed by atoms with E-state index >= 15 is 0 Å². The van der Waals surface area contributed by atoms with Gasteiger partial charge in [-0.15, -0.1) is 0 Å². The summed E-state index contributed by atoms with van der Waals surface area (Å²) in [4.78, 5) is 27.7. The van der Waals surface area contributed by atoms with E-state index in [-0.39, 0.29) is 18.5 Å². The molecule has 1 aliphatic heterocycles. The van der Waals surface area contributed by atoms with Crippen LogP contribution < -0.4 is 4.74 Å². The van der Waals surface area contributed by atoms with Crippen LogP contribution in [0.1, 0.15) is 6.92 Å². The largest absolute Gasteiger partial charge is 0.497 e. The fourth-order valence-electron chi connectivity index (χ4n) is 3.04. The summed E-state index contributed by atoms with van der Waals surface area (Å²) in [7, 11) is 1.64. The summed E-state index contributed by atoms with van der Waals surface area (Å²) in [5.74, 6) is 0.850. The highest BCUT2D eigenvalue weighted by Gasteiger charge is 2.25. The number of ether oxygens (including phenoxy) is 2. The third-order valence-electron chi connectivity index (χ3n) is 4.44. The van der Waals surface area contributed by atoms with Crippen LogP contribution in [0.15, 0.2) is 30.5 Å². The van der Waals surface area contributed by atoms with Gasteiger partial charge in [0.25, 0.3) is 0 Å². The quantitative estimate of drug-likeness (QED) is 0.850. The van der Waals surface area contributed by atoms with Crippen LogP contribution in [0.5, 0.6) is 5.75 Å². The van der Waals surface area contributed by atoms with Crippen molar-refractivity contribution in [3.63, 3.8) is 0 Å². The van der Waals surface area contributed by atoms with Crippen LogP contribution in [0.25, 0.3) is 10.9 Å². The summed E-state index contributed by atoms with van der Waals surface area (Å²) in [6.45, 7) is 4.52. The summed E-state index contributed by atoms with van der Waals surface area (Å²) < 4.78 is 12.2.